The number of hydrogen-bond donors (Lipinski definition) is 1. The van der Waals surface area contributed by atoms with Crippen LogP contribution in [0.2, 0.25) is 0 Å². The predicted octanol–water partition coefficient (Wildman–Crippen LogP) is 3.25. The van der Waals surface area contributed by atoms with Gasteiger partial charge in [-0.25, -0.2) is 0 Å². The van der Waals surface area contributed by atoms with Crippen LogP contribution in [0, 0.1) is 5.41 Å². The van der Waals surface area contributed by atoms with Crippen molar-refractivity contribution in [2.24, 2.45) is 5.41 Å². The molecule has 2 nitrogen and oxygen atoms in total. The summed E-state index contributed by atoms with van der Waals surface area (Å²) in [7, 11) is 0. The van der Waals surface area contributed by atoms with Crippen LogP contribution in [0.4, 0.5) is 0 Å². The molecule has 1 rings (SSSR count). The lowest BCUT2D eigenvalue weighted by molar-refractivity contribution is -0.131. The molecule has 0 spiro atoms. The first kappa shape index (κ1) is 13.0. The summed E-state index contributed by atoms with van der Waals surface area (Å²) in [5.74, 6) is 0.242. The Bertz CT molecular complexity index is 232. The maximum absolute atomic E-state index is 12.1. The van der Waals surface area contributed by atoms with Crippen molar-refractivity contribution in [2.45, 2.75) is 58.4 Å². The fourth-order valence-electron chi connectivity index (χ4n) is 2.14. The highest BCUT2D eigenvalue weighted by Crippen LogP contribution is 2.38. The summed E-state index contributed by atoms with van der Waals surface area (Å²) in [6, 6.07) is 0. The van der Waals surface area contributed by atoms with Gasteiger partial charge in [-0.3, -0.25) is 4.79 Å². The van der Waals surface area contributed by atoms with E-state index in [4.69, 9.17) is 0 Å². The molecule has 15 heavy (non-hydrogen) atoms. The van der Waals surface area contributed by atoms with Gasteiger partial charge in [-0.2, -0.15) is 0 Å². The van der Waals surface area contributed by atoms with Crippen LogP contribution in [0.15, 0.2) is 0 Å². The zero-order valence-corrected chi connectivity index (χ0v) is 11.6. The van der Waals surface area contributed by atoms with Crippen molar-refractivity contribution >= 4 is 21.8 Å². The summed E-state index contributed by atoms with van der Waals surface area (Å²) in [5, 5.41) is 4.10. The minimum absolute atomic E-state index is 0.0911. The van der Waals surface area contributed by atoms with Crippen LogP contribution in [-0.2, 0) is 4.79 Å². The molecule has 1 amide bonds. The van der Waals surface area contributed by atoms with E-state index in [0.717, 1.165) is 24.6 Å². The molecule has 0 aromatic rings. The number of nitrogens with one attached hydrogen (secondary N) is 1. The molecule has 3 heteroatoms. The fraction of sp³-hybridized carbons (Fsp3) is 0.917. The summed E-state index contributed by atoms with van der Waals surface area (Å²) in [6.45, 7) is 6.27. The third-order valence-electron chi connectivity index (χ3n) is 3.43. The van der Waals surface area contributed by atoms with E-state index in [9.17, 15) is 4.79 Å². The first-order chi connectivity index (χ1) is 6.90. The van der Waals surface area contributed by atoms with Gasteiger partial charge in [-0.05, 0) is 33.1 Å². The summed E-state index contributed by atoms with van der Waals surface area (Å²) >= 11 is 3.42. The van der Waals surface area contributed by atoms with E-state index in [2.05, 4.69) is 42.0 Å². The smallest absolute Gasteiger partial charge is 0.226 e. The summed E-state index contributed by atoms with van der Waals surface area (Å²) in [5.41, 5.74) is -0.199. The van der Waals surface area contributed by atoms with Gasteiger partial charge < -0.3 is 5.32 Å². The van der Waals surface area contributed by atoms with Crippen LogP contribution in [0.5, 0.6) is 0 Å². The zero-order valence-electron chi connectivity index (χ0n) is 10.0. The lowest BCUT2D eigenvalue weighted by atomic mass is 9.86. The van der Waals surface area contributed by atoms with E-state index in [1.54, 1.807) is 0 Å². The molecule has 0 aromatic carbocycles. The van der Waals surface area contributed by atoms with Gasteiger partial charge in [-0.15, -0.1) is 0 Å². The second kappa shape index (κ2) is 4.86. The zero-order chi connectivity index (χ0) is 11.5. The molecule has 0 aliphatic heterocycles. The van der Waals surface area contributed by atoms with Crippen molar-refractivity contribution < 1.29 is 4.79 Å². The minimum atomic E-state index is -0.108. The molecule has 0 unspecified atom stereocenters. The number of hydrogen-bond acceptors (Lipinski definition) is 1. The molecular formula is C12H22BrNO. The molecule has 0 bridgehead atoms. The normalized spacial score (nSPS) is 20.3. The standard InChI is InChI=1S/C12H22BrNO/c1-11(2,8-9-13)14-10(15)12(3)6-4-5-7-12/h4-9H2,1-3H3,(H,14,15). The van der Waals surface area contributed by atoms with E-state index >= 15 is 0 Å². The van der Waals surface area contributed by atoms with Crippen LogP contribution in [0.25, 0.3) is 0 Å². The van der Waals surface area contributed by atoms with Gasteiger partial charge in [0.15, 0.2) is 0 Å². The number of carbonyl (C=O) groups excluding carboxylic acids is 1. The molecule has 1 aliphatic rings. The summed E-state index contributed by atoms with van der Waals surface area (Å²) in [4.78, 5) is 12.1. The highest BCUT2D eigenvalue weighted by molar-refractivity contribution is 9.09. The Hall–Kier alpha value is -0.0500. The largest absolute Gasteiger partial charge is 0.351 e. The molecule has 1 saturated carbocycles. The van der Waals surface area contributed by atoms with Crippen molar-refractivity contribution in [3.63, 3.8) is 0 Å². The average molecular weight is 276 g/mol. The van der Waals surface area contributed by atoms with Gasteiger partial charge in [0.25, 0.3) is 0 Å². The monoisotopic (exact) mass is 275 g/mol. The SMILES string of the molecule is CC(C)(CCBr)NC(=O)C1(C)CCCC1. The first-order valence-electron chi connectivity index (χ1n) is 5.78. The number of alkyl halides is 1. The number of amides is 1. The molecule has 1 N–H and O–H groups in total. The highest BCUT2D eigenvalue weighted by atomic mass is 79.9. The molecule has 88 valence electrons. The van der Waals surface area contributed by atoms with Gasteiger partial charge in [0.05, 0.1) is 0 Å². The van der Waals surface area contributed by atoms with Gasteiger partial charge in [-0.1, -0.05) is 35.7 Å². The predicted molar refractivity (Wildman–Crippen MR) is 67.2 cm³/mol. The molecular weight excluding hydrogens is 254 g/mol. The number of carbonyl (C=O) groups is 1. The van der Waals surface area contributed by atoms with Crippen LogP contribution < -0.4 is 5.32 Å². The molecule has 0 radical (unpaired) electrons. The van der Waals surface area contributed by atoms with Gasteiger partial charge >= 0.3 is 0 Å². The van der Waals surface area contributed by atoms with E-state index in [1.807, 2.05) is 0 Å². The molecule has 1 fully saturated rings. The second-order valence-corrected chi connectivity index (χ2v) is 6.34. The van der Waals surface area contributed by atoms with E-state index in [1.165, 1.54) is 12.8 Å². The Morgan fingerprint density at radius 1 is 1.40 bits per heavy atom. The maximum Gasteiger partial charge on any atom is 0.226 e. The molecule has 0 atom stereocenters. The van der Waals surface area contributed by atoms with Crippen molar-refractivity contribution in [2.75, 3.05) is 5.33 Å². The third-order valence-corrected chi connectivity index (χ3v) is 3.82. The van der Waals surface area contributed by atoms with E-state index in [-0.39, 0.29) is 16.9 Å². The Labute approximate surface area is 101 Å². The fourth-order valence-corrected chi connectivity index (χ4v) is 3.13. The Kier molecular flexibility index (Phi) is 4.21. The maximum atomic E-state index is 12.1. The summed E-state index contributed by atoms with van der Waals surface area (Å²) in [6.07, 6.45) is 5.45. The second-order valence-electron chi connectivity index (χ2n) is 5.54. The molecule has 1 aliphatic carbocycles. The Balaban J connectivity index is 2.54. The van der Waals surface area contributed by atoms with Crippen LogP contribution >= 0.6 is 15.9 Å². The summed E-state index contributed by atoms with van der Waals surface area (Å²) < 4.78 is 0. The highest BCUT2D eigenvalue weighted by Gasteiger charge is 2.38. The topological polar surface area (TPSA) is 29.1 Å². The van der Waals surface area contributed by atoms with E-state index < -0.39 is 0 Å². The third kappa shape index (κ3) is 3.47. The molecule has 0 saturated heterocycles. The lowest BCUT2D eigenvalue weighted by Gasteiger charge is -2.31. The Morgan fingerprint density at radius 2 is 1.93 bits per heavy atom. The number of halogens is 1. The van der Waals surface area contributed by atoms with Crippen molar-refractivity contribution in [3.05, 3.63) is 0 Å². The van der Waals surface area contributed by atoms with Gasteiger partial charge in [0, 0.05) is 16.3 Å². The van der Waals surface area contributed by atoms with Crippen molar-refractivity contribution in [1.29, 1.82) is 0 Å². The molecule has 0 heterocycles. The van der Waals surface area contributed by atoms with Crippen LogP contribution in [-0.4, -0.2) is 16.8 Å². The van der Waals surface area contributed by atoms with Crippen LogP contribution in [0.1, 0.15) is 52.9 Å². The van der Waals surface area contributed by atoms with Gasteiger partial charge in [0.1, 0.15) is 0 Å². The van der Waals surface area contributed by atoms with Crippen molar-refractivity contribution in [1.82, 2.24) is 5.32 Å². The Morgan fingerprint density at radius 3 is 2.40 bits per heavy atom. The van der Waals surface area contributed by atoms with Gasteiger partial charge in [0.2, 0.25) is 5.91 Å². The van der Waals surface area contributed by atoms with Crippen LogP contribution in [0.3, 0.4) is 0 Å². The average Bonchev–Trinajstić information content (AvgIpc) is 2.52. The number of rotatable bonds is 4. The van der Waals surface area contributed by atoms with Crippen molar-refractivity contribution in [3.8, 4) is 0 Å². The van der Waals surface area contributed by atoms with E-state index in [0.29, 0.717) is 0 Å². The first-order valence-corrected chi connectivity index (χ1v) is 6.90. The molecule has 0 aromatic heterocycles. The minimum Gasteiger partial charge on any atom is -0.351 e. The quantitative estimate of drug-likeness (QED) is 0.785. The lowest BCUT2D eigenvalue weighted by Crippen LogP contribution is -2.49.